The fourth-order valence-corrected chi connectivity index (χ4v) is 2.57. The Bertz CT molecular complexity index is 845. The van der Waals surface area contributed by atoms with Crippen LogP contribution >= 0.6 is 0 Å². The van der Waals surface area contributed by atoms with Crippen LogP contribution in [0.2, 0.25) is 0 Å². The van der Waals surface area contributed by atoms with Crippen molar-refractivity contribution >= 4 is 28.5 Å². The second-order valence-electron chi connectivity index (χ2n) is 5.87. The first-order valence-corrected chi connectivity index (χ1v) is 8.52. The molecule has 2 heterocycles. The van der Waals surface area contributed by atoms with Gasteiger partial charge in [-0.3, -0.25) is 4.68 Å². The average Bonchev–Trinajstić information content (AvgIpc) is 2.96. The second kappa shape index (κ2) is 7.94. The molecule has 0 spiro atoms. The molecule has 0 atom stereocenters. The van der Waals surface area contributed by atoms with Crippen molar-refractivity contribution in [1.29, 1.82) is 0 Å². The number of fused-ring (bicyclic) bond motifs is 1. The van der Waals surface area contributed by atoms with E-state index in [1.165, 1.54) is 5.56 Å². The van der Waals surface area contributed by atoms with Gasteiger partial charge in [-0.05, 0) is 38.0 Å². The van der Waals surface area contributed by atoms with E-state index in [2.05, 4.69) is 44.8 Å². The zero-order chi connectivity index (χ0) is 17.6. The molecule has 2 aromatic heterocycles. The summed E-state index contributed by atoms with van der Waals surface area (Å²) in [6, 6.07) is 8.19. The van der Waals surface area contributed by atoms with Crippen molar-refractivity contribution in [2.75, 3.05) is 30.4 Å². The molecule has 0 fully saturated rings. The minimum absolute atomic E-state index is 0.586. The number of nitrogens with one attached hydrogen (secondary N) is 2. The molecule has 132 valence electrons. The maximum absolute atomic E-state index is 5.36. The van der Waals surface area contributed by atoms with Crippen LogP contribution in [0, 0.1) is 6.92 Å². The molecule has 1 aromatic carbocycles. The number of hydrogen-bond acceptors (Lipinski definition) is 6. The maximum Gasteiger partial charge on any atom is 0.226 e. The van der Waals surface area contributed by atoms with Crippen molar-refractivity contribution in [1.82, 2.24) is 19.7 Å². The molecule has 0 amide bonds. The van der Waals surface area contributed by atoms with Crippen molar-refractivity contribution in [3.8, 4) is 0 Å². The lowest BCUT2D eigenvalue weighted by Gasteiger charge is -2.11. The van der Waals surface area contributed by atoms with E-state index < -0.39 is 0 Å². The number of ether oxygens (including phenoxy) is 1. The van der Waals surface area contributed by atoms with Gasteiger partial charge < -0.3 is 15.4 Å². The number of aromatic nitrogens is 4. The van der Waals surface area contributed by atoms with Crippen LogP contribution in [0.15, 0.2) is 30.5 Å². The SMILES string of the molecule is CCOCCCNc1nc(Nc2cccc(C)c2)c2cnn(C)c2n1. The van der Waals surface area contributed by atoms with E-state index in [-0.39, 0.29) is 0 Å². The fourth-order valence-electron chi connectivity index (χ4n) is 2.57. The third-order valence-electron chi connectivity index (χ3n) is 3.83. The third-order valence-corrected chi connectivity index (χ3v) is 3.83. The molecule has 0 saturated heterocycles. The van der Waals surface area contributed by atoms with Gasteiger partial charge in [-0.2, -0.15) is 15.1 Å². The van der Waals surface area contributed by atoms with Gasteiger partial charge in [0, 0.05) is 32.5 Å². The van der Waals surface area contributed by atoms with Crippen LogP contribution < -0.4 is 10.6 Å². The van der Waals surface area contributed by atoms with E-state index in [4.69, 9.17) is 4.74 Å². The van der Waals surface area contributed by atoms with E-state index in [1.54, 1.807) is 10.9 Å². The highest BCUT2D eigenvalue weighted by Crippen LogP contribution is 2.25. The lowest BCUT2D eigenvalue weighted by Crippen LogP contribution is -2.10. The Kier molecular flexibility index (Phi) is 5.45. The third kappa shape index (κ3) is 4.24. The van der Waals surface area contributed by atoms with E-state index in [0.717, 1.165) is 48.7 Å². The number of rotatable bonds is 8. The molecule has 7 heteroatoms. The minimum atomic E-state index is 0.586. The number of nitrogens with zero attached hydrogens (tertiary/aromatic N) is 4. The summed E-state index contributed by atoms with van der Waals surface area (Å²) in [5.74, 6) is 1.33. The van der Waals surface area contributed by atoms with Gasteiger partial charge in [0.15, 0.2) is 5.65 Å². The van der Waals surface area contributed by atoms with Gasteiger partial charge >= 0.3 is 0 Å². The zero-order valence-corrected chi connectivity index (χ0v) is 14.9. The summed E-state index contributed by atoms with van der Waals surface area (Å²) >= 11 is 0. The monoisotopic (exact) mass is 340 g/mol. The van der Waals surface area contributed by atoms with Crippen LogP contribution in [0.5, 0.6) is 0 Å². The Morgan fingerprint density at radius 3 is 2.92 bits per heavy atom. The van der Waals surface area contributed by atoms with Gasteiger partial charge in [0.2, 0.25) is 5.95 Å². The van der Waals surface area contributed by atoms with Crippen LogP contribution in [-0.2, 0) is 11.8 Å². The van der Waals surface area contributed by atoms with Gasteiger partial charge in [0.05, 0.1) is 11.6 Å². The smallest absolute Gasteiger partial charge is 0.226 e. The van der Waals surface area contributed by atoms with Crippen LogP contribution in [0.25, 0.3) is 11.0 Å². The Hall–Kier alpha value is -2.67. The van der Waals surface area contributed by atoms with Crippen LogP contribution in [0.1, 0.15) is 18.9 Å². The predicted octanol–water partition coefficient (Wildman–Crippen LogP) is 3.25. The molecule has 0 radical (unpaired) electrons. The molecule has 0 aliphatic carbocycles. The van der Waals surface area contributed by atoms with Crippen LogP contribution in [0.3, 0.4) is 0 Å². The molecular weight excluding hydrogens is 316 g/mol. The summed E-state index contributed by atoms with van der Waals surface area (Å²) in [7, 11) is 1.88. The lowest BCUT2D eigenvalue weighted by molar-refractivity contribution is 0.147. The van der Waals surface area contributed by atoms with E-state index in [9.17, 15) is 0 Å². The highest BCUT2D eigenvalue weighted by molar-refractivity contribution is 5.89. The second-order valence-corrected chi connectivity index (χ2v) is 5.87. The molecule has 3 rings (SSSR count). The fraction of sp³-hybridized carbons (Fsp3) is 0.389. The van der Waals surface area contributed by atoms with Crippen LogP contribution in [-0.4, -0.2) is 39.5 Å². The van der Waals surface area contributed by atoms with Crippen molar-refractivity contribution in [3.63, 3.8) is 0 Å². The first-order valence-electron chi connectivity index (χ1n) is 8.52. The summed E-state index contributed by atoms with van der Waals surface area (Å²) in [5.41, 5.74) is 2.97. The van der Waals surface area contributed by atoms with E-state index in [0.29, 0.717) is 5.95 Å². The molecular formula is C18H24N6O. The van der Waals surface area contributed by atoms with Gasteiger partial charge in [-0.25, -0.2) is 0 Å². The summed E-state index contributed by atoms with van der Waals surface area (Å²) in [4.78, 5) is 9.20. The first-order chi connectivity index (χ1) is 12.2. The molecule has 3 aromatic rings. The van der Waals surface area contributed by atoms with Crippen molar-refractivity contribution in [2.45, 2.75) is 20.3 Å². The number of aryl methyl sites for hydroxylation is 2. The Balaban J connectivity index is 1.83. The van der Waals surface area contributed by atoms with Gasteiger partial charge in [0.1, 0.15) is 5.82 Å². The summed E-state index contributed by atoms with van der Waals surface area (Å²) in [6.07, 6.45) is 2.69. The average molecular weight is 340 g/mol. The molecule has 0 saturated carbocycles. The molecule has 0 aliphatic heterocycles. The molecule has 7 nitrogen and oxygen atoms in total. The van der Waals surface area contributed by atoms with Crippen LogP contribution in [0.4, 0.5) is 17.5 Å². The largest absolute Gasteiger partial charge is 0.382 e. The number of benzene rings is 1. The molecule has 0 unspecified atom stereocenters. The van der Waals surface area contributed by atoms with Crippen molar-refractivity contribution < 1.29 is 4.74 Å². The quantitative estimate of drug-likeness (QED) is 0.613. The highest BCUT2D eigenvalue weighted by Gasteiger charge is 2.12. The zero-order valence-electron chi connectivity index (χ0n) is 14.9. The number of hydrogen-bond donors (Lipinski definition) is 2. The van der Waals surface area contributed by atoms with E-state index >= 15 is 0 Å². The molecule has 0 bridgehead atoms. The van der Waals surface area contributed by atoms with Crippen molar-refractivity contribution in [2.24, 2.45) is 7.05 Å². The first kappa shape index (κ1) is 17.2. The Morgan fingerprint density at radius 2 is 2.12 bits per heavy atom. The molecule has 0 aliphatic rings. The minimum Gasteiger partial charge on any atom is -0.382 e. The Morgan fingerprint density at radius 1 is 1.24 bits per heavy atom. The predicted molar refractivity (Wildman–Crippen MR) is 100 cm³/mol. The Labute approximate surface area is 147 Å². The summed E-state index contributed by atoms with van der Waals surface area (Å²) in [5, 5.41) is 11.8. The summed E-state index contributed by atoms with van der Waals surface area (Å²) < 4.78 is 7.11. The highest BCUT2D eigenvalue weighted by atomic mass is 16.5. The maximum atomic E-state index is 5.36. The van der Waals surface area contributed by atoms with Gasteiger partial charge in [-0.1, -0.05) is 12.1 Å². The normalized spacial score (nSPS) is 11.0. The standard InChI is InChI=1S/C18H24N6O/c1-4-25-10-6-9-19-18-22-16(15-12-20-24(3)17(15)23-18)21-14-8-5-7-13(2)11-14/h5,7-8,11-12H,4,6,9-10H2,1-3H3,(H2,19,21,22,23). The van der Waals surface area contributed by atoms with Crippen molar-refractivity contribution in [3.05, 3.63) is 36.0 Å². The summed E-state index contributed by atoms with van der Waals surface area (Å²) in [6.45, 7) is 6.29. The number of anilines is 3. The molecule has 2 N–H and O–H groups in total. The van der Waals surface area contributed by atoms with Gasteiger partial charge in [0.25, 0.3) is 0 Å². The molecule has 25 heavy (non-hydrogen) atoms. The van der Waals surface area contributed by atoms with E-state index in [1.807, 2.05) is 26.1 Å². The van der Waals surface area contributed by atoms with Gasteiger partial charge in [-0.15, -0.1) is 0 Å². The lowest BCUT2D eigenvalue weighted by atomic mass is 10.2. The topological polar surface area (TPSA) is 76.9 Å².